The first-order valence-electron chi connectivity index (χ1n) is 7.33. The second-order valence-electron chi connectivity index (χ2n) is 5.27. The van der Waals surface area contributed by atoms with Crippen molar-refractivity contribution in [3.05, 3.63) is 46.8 Å². The largest absolute Gasteiger partial charge is 0.497 e. The van der Waals surface area contributed by atoms with Crippen LogP contribution in [0.4, 0.5) is 0 Å². The van der Waals surface area contributed by atoms with Gasteiger partial charge in [0.25, 0.3) is 0 Å². The summed E-state index contributed by atoms with van der Waals surface area (Å²) in [5.41, 5.74) is 4.89. The van der Waals surface area contributed by atoms with Gasteiger partial charge in [0, 0.05) is 37.2 Å². The molecule has 2 heterocycles. The first-order chi connectivity index (χ1) is 10.3. The predicted molar refractivity (Wildman–Crippen MR) is 80.5 cm³/mol. The standard InChI is InChI=1S/C16H21N3O2/c1-21-13-4-2-12(3-5-13)10-15-14-11-17-7-6-16(14)19(18-15)8-9-20/h2-5,17,20H,6-11H2,1H3. The van der Waals surface area contributed by atoms with Crippen LogP contribution < -0.4 is 10.1 Å². The Balaban J connectivity index is 1.87. The first-order valence-corrected chi connectivity index (χ1v) is 7.33. The maximum absolute atomic E-state index is 9.19. The third-order valence-corrected chi connectivity index (χ3v) is 3.93. The van der Waals surface area contributed by atoms with Crippen LogP contribution in [0, 0.1) is 0 Å². The van der Waals surface area contributed by atoms with Crippen molar-refractivity contribution in [3.63, 3.8) is 0 Å². The van der Waals surface area contributed by atoms with E-state index in [-0.39, 0.29) is 6.61 Å². The molecule has 5 nitrogen and oxygen atoms in total. The van der Waals surface area contributed by atoms with Crippen LogP contribution in [0.5, 0.6) is 5.75 Å². The van der Waals surface area contributed by atoms with Crippen molar-refractivity contribution in [2.75, 3.05) is 20.3 Å². The molecule has 0 saturated heterocycles. The van der Waals surface area contributed by atoms with Crippen molar-refractivity contribution in [3.8, 4) is 5.75 Å². The van der Waals surface area contributed by atoms with Crippen LogP contribution in [0.1, 0.15) is 22.5 Å². The Morgan fingerprint density at radius 2 is 2.14 bits per heavy atom. The van der Waals surface area contributed by atoms with E-state index in [1.54, 1.807) is 7.11 Å². The number of ether oxygens (including phenoxy) is 1. The van der Waals surface area contributed by atoms with Crippen LogP contribution in [-0.4, -0.2) is 35.1 Å². The zero-order chi connectivity index (χ0) is 14.7. The molecule has 2 aromatic rings. The van der Waals surface area contributed by atoms with Gasteiger partial charge in [0.2, 0.25) is 0 Å². The predicted octanol–water partition coefficient (Wildman–Crippen LogP) is 1.12. The van der Waals surface area contributed by atoms with Crippen LogP contribution in [0.25, 0.3) is 0 Å². The number of fused-ring (bicyclic) bond motifs is 1. The molecule has 1 aromatic carbocycles. The summed E-state index contributed by atoms with van der Waals surface area (Å²) in [4.78, 5) is 0. The fourth-order valence-electron chi connectivity index (χ4n) is 2.85. The van der Waals surface area contributed by atoms with E-state index >= 15 is 0 Å². The van der Waals surface area contributed by atoms with Gasteiger partial charge in [-0.2, -0.15) is 5.10 Å². The van der Waals surface area contributed by atoms with Gasteiger partial charge >= 0.3 is 0 Å². The molecule has 0 radical (unpaired) electrons. The smallest absolute Gasteiger partial charge is 0.118 e. The zero-order valence-electron chi connectivity index (χ0n) is 12.3. The number of methoxy groups -OCH3 is 1. The molecule has 0 saturated carbocycles. The number of rotatable bonds is 5. The number of aliphatic hydroxyl groups excluding tert-OH is 1. The molecular weight excluding hydrogens is 266 g/mol. The van der Waals surface area contributed by atoms with Crippen molar-refractivity contribution >= 4 is 0 Å². The summed E-state index contributed by atoms with van der Waals surface area (Å²) < 4.78 is 7.16. The third kappa shape index (κ3) is 2.94. The van der Waals surface area contributed by atoms with E-state index in [2.05, 4.69) is 17.4 Å². The van der Waals surface area contributed by atoms with Crippen molar-refractivity contribution in [1.82, 2.24) is 15.1 Å². The first kappa shape index (κ1) is 14.1. The summed E-state index contributed by atoms with van der Waals surface area (Å²) in [5, 5.41) is 17.3. The molecule has 0 fully saturated rings. The molecule has 1 aromatic heterocycles. The molecule has 0 atom stereocenters. The fourth-order valence-corrected chi connectivity index (χ4v) is 2.85. The molecule has 1 aliphatic heterocycles. The van der Waals surface area contributed by atoms with E-state index in [1.807, 2.05) is 16.8 Å². The lowest BCUT2D eigenvalue weighted by molar-refractivity contribution is 0.266. The summed E-state index contributed by atoms with van der Waals surface area (Å²) in [7, 11) is 1.67. The number of aromatic nitrogens is 2. The number of hydrogen-bond donors (Lipinski definition) is 2. The van der Waals surface area contributed by atoms with Gasteiger partial charge in [0.1, 0.15) is 5.75 Å². The molecule has 1 aliphatic rings. The van der Waals surface area contributed by atoms with Gasteiger partial charge in [-0.15, -0.1) is 0 Å². The van der Waals surface area contributed by atoms with Crippen LogP contribution in [-0.2, 0) is 25.9 Å². The molecule has 0 unspecified atom stereocenters. The SMILES string of the molecule is COc1ccc(Cc2nn(CCO)c3c2CNCC3)cc1. The summed E-state index contributed by atoms with van der Waals surface area (Å²) in [6.45, 7) is 2.55. The van der Waals surface area contributed by atoms with Gasteiger partial charge in [-0.3, -0.25) is 4.68 Å². The Bertz CT molecular complexity index is 605. The van der Waals surface area contributed by atoms with E-state index in [9.17, 15) is 5.11 Å². The minimum Gasteiger partial charge on any atom is -0.497 e. The average molecular weight is 287 g/mol. The summed E-state index contributed by atoms with van der Waals surface area (Å²) in [6, 6.07) is 8.11. The highest BCUT2D eigenvalue weighted by molar-refractivity contribution is 5.35. The number of nitrogens with one attached hydrogen (secondary N) is 1. The maximum atomic E-state index is 9.19. The number of benzene rings is 1. The molecule has 0 bridgehead atoms. The normalized spacial score (nSPS) is 14.0. The van der Waals surface area contributed by atoms with Crippen LogP contribution in [0.15, 0.2) is 24.3 Å². The van der Waals surface area contributed by atoms with Gasteiger partial charge in [-0.05, 0) is 17.7 Å². The van der Waals surface area contributed by atoms with Gasteiger partial charge in [0.15, 0.2) is 0 Å². The van der Waals surface area contributed by atoms with Gasteiger partial charge in [0.05, 0.1) is 26.0 Å². The second kappa shape index (κ2) is 6.28. The van der Waals surface area contributed by atoms with Crippen molar-refractivity contribution < 1.29 is 9.84 Å². The van der Waals surface area contributed by atoms with Crippen molar-refractivity contribution in [2.24, 2.45) is 0 Å². The molecule has 0 aliphatic carbocycles. The lowest BCUT2D eigenvalue weighted by Gasteiger charge is -2.15. The molecular formula is C16H21N3O2. The Morgan fingerprint density at radius 1 is 1.33 bits per heavy atom. The molecule has 3 rings (SSSR count). The van der Waals surface area contributed by atoms with Gasteiger partial charge in [-0.25, -0.2) is 0 Å². The minimum absolute atomic E-state index is 0.128. The molecule has 2 N–H and O–H groups in total. The van der Waals surface area contributed by atoms with Crippen LogP contribution in [0.2, 0.25) is 0 Å². The van der Waals surface area contributed by atoms with Crippen LogP contribution in [0.3, 0.4) is 0 Å². The van der Waals surface area contributed by atoms with Crippen LogP contribution >= 0.6 is 0 Å². The Labute approximate surface area is 124 Å². The zero-order valence-corrected chi connectivity index (χ0v) is 12.3. The highest BCUT2D eigenvalue weighted by atomic mass is 16.5. The highest BCUT2D eigenvalue weighted by Crippen LogP contribution is 2.22. The Hall–Kier alpha value is -1.85. The molecule has 0 amide bonds. The topological polar surface area (TPSA) is 59.3 Å². The van der Waals surface area contributed by atoms with E-state index in [1.165, 1.54) is 16.8 Å². The second-order valence-corrected chi connectivity index (χ2v) is 5.27. The molecule has 112 valence electrons. The van der Waals surface area contributed by atoms with Gasteiger partial charge < -0.3 is 15.2 Å². The highest BCUT2D eigenvalue weighted by Gasteiger charge is 2.20. The lowest BCUT2D eigenvalue weighted by Crippen LogP contribution is -2.25. The lowest BCUT2D eigenvalue weighted by atomic mass is 10.0. The fraction of sp³-hybridized carbons (Fsp3) is 0.438. The number of aliphatic hydroxyl groups is 1. The van der Waals surface area contributed by atoms with E-state index in [0.717, 1.165) is 37.4 Å². The van der Waals surface area contributed by atoms with E-state index < -0.39 is 0 Å². The number of hydrogen-bond acceptors (Lipinski definition) is 4. The molecule has 21 heavy (non-hydrogen) atoms. The minimum atomic E-state index is 0.128. The van der Waals surface area contributed by atoms with Crippen molar-refractivity contribution in [1.29, 1.82) is 0 Å². The maximum Gasteiger partial charge on any atom is 0.118 e. The summed E-state index contributed by atoms with van der Waals surface area (Å²) in [5.74, 6) is 0.869. The third-order valence-electron chi connectivity index (χ3n) is 3.93. The summed E-state index contributed by atoms with van der Waals surface area (Å²) in [6.07, 6.45) is 1.79. The Kier molecular flexibility index (Phi) is 4.22. The number of nitrogens with zero attached hydrogens (tertiary/aromatic N) is 2. The van der Waals surface area contributed by atoms with Gasteiger partial charge in [-0.1, -0.05) is 12.1 Å². The average Bonchev–Trinajstić information content (AvgIpc) is 2.87. The Morgan fingerprint density at radius 3 is 2.86 bits per heavy atom. The van der Waals surface area contributed by atoms with E-state index in [0.29, 0.717) is 6.54 Å². The quantitative estimate of drug-likeness (QED) is 0.865. The monoisotopic (exact) mass is 287 g/mol. The summed E-state index contributed by atoms with van der Waals surface area (Å²) >= 11 is 0. The van der Waals surface area contributed by atoms with E-state index in [4.69, 9.17) is 9.84 Å². The van der Waals surface area contributed by atoms with Crippen molar-refractivity contribution in [2.45, 2.75) is 25.9 Å². The molecule has 5 heteroatoms. The molecule has 0 spiro atoms.